The van der Waals surface area contributed by atoms with E-state index in [1.807, 2.05) is 12.1 Å². The van der Waals surface area contributed by atoms with Crippen molar-refractivity contribution < 1.29 is 4.74 Å². The van der Waals surface area contributed by atoms with Crippen LogP contribution in [0.4, 0.5) is 11.5 Å². The molecule has 3 aliphatic rings. The van der Waals surface area contributed by atoms with Gasteiger partial charge in [-0.15, -0.1) is 0 Å². The molecule has 2 N–H and O–H groups in total. The number of anilines is 2. The summed E-state index contributed by atoms with van der Waals surface area (Å²) >= 11 is 0. The van der Waals surface area contributed by atoms with Crippen molar-refractivity contribution in [3.05, 3.63) is 12.1 Å². The molecule has 2 unspecified atom stereocenters. The monoisotopic (exact) mass is 273 g/mol. The van der Waals surface area contributed by atoms with Crippen LogP contribution >= 0.6 is 0 Å². The zero-order chi connectivity index (χ0) is 13.5. The van der Waals surface area contributed by atoms with Gasteiger partial charge in [0.25, 0.3) is 0 Å². The first-order valence-corrected chi connectivity index (χ1v) is 7.94. The fourth-order valence-corrected chi connectivity index (χ4v) is 3.64. The Kier molecular flexibility index (Phi) is 2.97. The predicted molar refractivity (Wildman–Crippen MR) is 79.9 cm³/mol. The first-order chi connectivity index (χ1) is 9.79. The third kappa shape index (κ3) is 2.32. The molecule has 2 heterocycles. The van der Waals surface area contributed by atoms with Crippen molar-refractivity contribution in [3.63, 3.8) is 0 Å². The van der Waals surface area contributed by atoms with Crippen LogP contribution in [-0.4, -0.2) is 24.7 Å². The first-order valence-electron chi connectivity index (χ1n) is 7.94. The number of aromatic nitrogens is 1. The Morgan fingerprint density at radius 2 is 1.90 bits per heavy atom. The summed E-state index contributed by atoms with van der Waals surface area (Å²) in [5.41, 5.74) is 6.64. The Labute approximate surface area is 120 Å². The Morgan fingerprint density at radius 3 is 2.60 bits per heavy atom. The van der Waals surface area contributed by atoms with Crippen molar-refractivity contribution in [3.8, 4) is 5.88 Å². The van der Waals surface area contributed by atoms with Crippen molar-refractivity contribution in [2.75, 3.05) is 30.3 Å². The zero-order valence-corrected chi connectivity index (χ0v) is 11.9. The second-order valence-electron chi connectivity index (χ2n) is 6.67. The van der Waals surface area contributed by atoms with Crippen LogP contribution in [-0.2, 0) is 0 Å². The number of fused-ring (bicyclic) bond motifs is 1. The quantitative estimate of drug-likeness (QED) is 0.916. The van der Waals surface area contributed by atoms with Gasteiger partial charge in [0.15, 0.2) is 0 Å². The van der Waals surface area contributed by atoms with Crippen molar-refractivity contribution in [1.29, 1.82) is 0 Å². The summed E-state index contributed by atoms with van der Waals surface area (Å²) in [6.07, 6.45) is 6.76. The summed E-state index contributed by atoms with van der Waals surface area (Å²) < 4.78 is 5.79. The molecular weight excluding hydrogens is 250 g/mol. The van der Waals surface area contributed by atoms with Crippen LogP contribution in [0.1, 0.15) is 32.1 Å². The number of pyridine rings is 1. The predicted octanol–water partition coefficient (Wildman–Crippen LogP) is 2.69. The lowest BCUT2D eigenvalue weighted by molar-refractivity contribution is 0.290. The highest BCUT2D eigenvalue weighted by Gasteiger charge is 2.36. The second-order valence-corrected chi connectivity index (χ2v) is 6.67. The fourth-order valence-electron chi connectivity index (χ4n) is 3.64. The van der Waals surface area contributed by atoms with Crippen LogP contribution in [0.15, 0.2) is 12.1 Å². The normalized spacial score (nSPS) is 28.7. The van der Waals surface area contributed by atoms with Gasteiger partial charge in [0, 0.05) is 13.1 Å². The topological polar surface area (TPSA) is 51.4 Å². The van der Waals surface area contributed by atoms with Gasteiger partial charge in [0.2, 0.25) is 5.88 Å². The van der Waals surface area contributed by atoms with Gasteiger partial charge in [0.1, 0.15) is 5.82 Å². The van der Waals surface area contributed by atoms with Crippen molar-refractivity contribution >= 4 is 11.5 Å². The molecule has 4 heteroatoms. The molecule has 0 aromatic carbocycles. The van der Waals surface area contributed by atoms with Crippen LogP contribution in [0, 0.1) is 17.8 Å². The van der Waals surface area contributed by atoms with Gasteiger partial charge < -0.3 is 15.4 Å². The first kappa shape index (κ1) is 12.3. The summed E-state index contributed by atoms with van der Waals surface area (Å²) in [4.78, 5) is 7.07. The van der Waals surface area contributed by atoms with E-state index in [-0.39, 0.29) is 0 Å². The van der Waals surface area contributed by atoms with Crippen LogP contribution < -0.4 is 15.4 Å². The largest absolute Gasteiger partial charge is 0.476 e. The minimum absolute atomic E-state index is 0.631. The van der Waals surface area contributed by atoms with Gasteiger partial charge in [-0.1, -0.05) is 6.42 Å². The van der Waals surface area contributed by atoms with Crippen molar-refractivity contribution in [1.82, 2.24) is 4.98 Å². The molecule has 4 rings (SSSR count). The van der Waals surface area contributed by atoms with Crippen LogP contribution in [0.2, 0.25) is 0 Å². The lowest BCUT2D eigenvalue weighted by atomic mass is 10.0. The number of ether oxygens (including phenoxy) is 1. The minimum Gasteiger partial charge on any atom is -0.476 e. The third-order valence-electron chi connectivity index (χ3n) is 5.08. The zero-order valence-electron chi connectivity index (χ0n) is 11.9. The van der Waals surface area contributed by atoms with Gasteiger partial charge in [-0.25, -0.2) is 0 Å². The number of hydrogen-bond acceptors (Lipinski definition) is 4. The Morgan fingerprint density at radius 1 is 1.15 bits per heavy atom. The summed E-state index contributed by atoms with van der Waals surface area (Å²) in [6, 6.07) is 3.99. The SMILES string of the molecule is Nc1ccc(N2CC3CCCC3C2)nc1OCC1CC1. The summed E-state index contributed by atoms with van der Waals surface area (Å²) in [7, 11) is 0. The highest BCUT2D eigenvalue weighted by Crippen LogP contribution is 2.39. The van der Waals surface area contributed by atoms with Crippen molar-refractivity contribution in [2.45, 2.75) is 32.1 Å². The molecule has 0 bridgehead atoms. The molecular formula is C16H23N3O. The van der Waals surface area contributed by atoms with Crippen LogP contribution in [0.25, 0.3) is 0 Å². The van der Waals surface area contributed by atoms with Crippen LogP contribution in [0.3, 0.4) is 0 Å². The smallest absolute Gasteiger partial charge is 0.239 e. The number of nitrogens with zero attached hydrogens (tertiary/aromatic N) is 2. The maximum absolute atomic E-state index is 5.98. The molecule has 0 amide bonds. The van der Waals surface area contributed by atoms with E-state index in [1.54, 1.807) is 0 Å². The highest BCUT2D eigenvalue weighted by molar-refractivity contribution is 5.55. The van der Waals surface area contributed by atoms with Crippen LogP contribution in [0.5, 0.6) is 5.88 Å². The van der Waals surface area contributed by atoms with E-state index in [0.717, 1.165) is 43.3 Å². The standard InChI is InChI=1S/C16H23N3O/c17-14-6-7-15(18-16(14)20-10-11-4-5-11)19-8-12-2-1-3-13(12)9-19/h6-7,11-13H,1-5,8-10,17H2. The molecule has 1 aliphatic heterocycles. The van der Waals surface area contributed by atoms with E-state index in [4.69, 9.17) is 10.5 Å². The molecule has 108 valence electrons. The Hall–Kier alpha value is -1.45. The summed E-state index contributed by atoms with van der Waals surface area (Å²) in [6.45, 7) is 3.08. The average Bonchev–Trinajstić information content (AvgIpc) is 3.02. The average molecular weight is 273 g/mol. The highest BCUT2D eigenvalue weighted by atomic mass is 16.5. The molecule has 1 saturated heterocycles. The van der Waals surface area contributed by atoms with E-state index < -0.39 is 0 Å². The molecule has 20 heavy (non-hydrogen) atoms. The molecule has 0 spiro atoms. The van der Waals surface area contributed by atoms with Gasteiger partial charge >= 0.3 is 0 Å². The molecule has 2 saturated carbocycles. The van der Waals surface area contributed by atoms with E-state index in [1.165, 1.54) is 32.1 Å². The number of rotatable bonds is 4. The Balaban J connectivity index is 1.48. The van der Waals surface area contributed by atoms with Gasteiger partial charge in [-0.05, 0) is 55.6 Å². The Bertz CT molecular complexity index is 488. The number of hydrogen-bond donors (Lipinski definition) is 1. The summed E-state index contributed by atoms with van der Waals surface area (Å²) in [5, 5.41) is 0. The van der Waals surface area contributed by atoms with Gasteiger partial charge in [-0.2, -0.15) is 4.98 Å². The molecule has 2 atom stereocenters. The molecule has 0 radical (unpaired) electrons. The van der Waals surface area contributed by atoms with E-state index in [2.05, 4.69) is 9.88 Å². The van der Waals surface area contributed by atoms with Crippen molar-refractivity contribution in [2.24, 2.45) is 17.8 Å². The summed E-state index contributed by atoms with van der Waals surface area (Å²) in [5.74, 6) is 4.16. The van der Waals surface area contributed by atoms with E-state index in [9.17, 15) is 0 Å². The lowest BCUT2D eigenvalue weighted by Gasteiger charge is -2.19. The van der Waals surface area contributed by atoms with E-state index >= 15 is 0 Å². The molecule has 2 aliphatic carbocycles. The molecule has 4 nitrogen and oxygen atoms in total. The maximum Gasteiger partial charge on any atom is 0.239 e. The lowest BCUT2D eigenvalue weighted by Crippen LogP contribution is -2.22. The number of nitrogen functional groups attached to an aromatic ring is 1. The number of nitrogens with two attached hydrogens (primary N) is 1. The third-order valence-corrected chi connectivity index (χ3v) is 5.08. The molecule has 3 fully saturated rings. The second kappa shape index (κ2) is 4.83. The van der Waals surface area contributed by atoms with Gasteiger partial charge in [-0.3, -0.25) is 0 Å². The minimum atomic E-state index is 0.631. The maximum atomic E-state index is 5.98. The van der Waals surface area contributed by atoms with Gasteiger partial charge in [0.05, 0.1) is 12.3 Å². The van der Waals surface area contributed by atoms with E-state index in [0.29, 0.717) is 11.6 Å². The molecule has 1 aromatic rings. The molecule has 1 aromatic heterocycles. The fraction of sp³-hybridized carbons (Fsp3) is 0.688.